The Bertz CT molecular complexity index is 1140. The Morgan fingerprint density at radius 2 is 1.81 bits per heavy atom. The van der Waals surface area contributed by atoms with Crippen molar-refractivity contribution in [3.8, 4) is 11.5 Å². The number of methoxy groups -OCH3 is 1. The molecule has 1 N–H and O–H groups in total. The zero-order chi connectivity index (χ0) is 24.9. The van der Waals surface area contributed by atoms with E-state index in [4.69, 9.17) is 4.74 Å². The van der Waals surface area contributed by atoms with Crippen LogP contribution in [0.15, 0.2) is 72.9 Å². The smallest absolute Gasteiger partial charge is 0.272 e. The highest BCUT2D eigenvalue weighted by atomic mass is 16.5. The number of benzene rings is 2. The van der Waals surface area contributed by atoms with Crippen molar-refractivity contribution in [2.24, 2.45) is 5.92 Å². The summed E-state index contributed by atoms with van der Waals surface area (Å²) in [5.74, 6) is 1.53. The van der Waals surface area contributed by atoms with Crippen LogP contribution in [0.4, 0.5) is 0 Å². The van der Waals surface area contributed by atoms with E-state index in [0.717, 1.165) is 56.5 Å². The molecule has 1 saturated carbocycles. The highest BCUT2D eigenvalue weighted by Gasteiger charge is 2.42. The fourth-order valence-electron chi connectivity index (χ4n) is 5.46. The lowest BCUT2D eigenvalue weighted by Gasteiger charge is -2.42. The minimum atomic E-state index is 0.0581. The SMILES string of the molecule is COc1ccc(O)c(CN2CCC([C@H](Cc3ccccc3)N(C(=O)c3ccccn3)C3CC3)CC2)c1. The minimum Gasteiger partial charge on any atom is -0.508 e. The largest absolute Gasteiger partial charge is 0.508 e. The molecule has 3 aromatic rings. The van der Waals surface area contributed by atoms with Crippen LogP contribution < -0.4 is 4.74 Å². The van der Waals surface area contributed by atoms with Gasteiger partial charge in [0.05, 0.1) is 7.11 Å². The van der Waals surface area contributed by atoms with Crippen LogP contribution >= 0.6 is 0 Å². The number of aromatic nitrogens is 1. The molecule has 2 aromatic carbocycles. The summed E-state index contributed by atoms with van der Waals surface area (Å²) < 4.78 is 5.35. The van der Waals surface area contributed by atoms with Gasteiger partial charge in [0.25, 0.3) is 5.91 Å². The predicted octanol–water partition coefficient (Wildman–Crippen LogP) is 4.92. The fourth-order valence-corrected chi connectivity index (χ4v) is 5.46. The number of likely N-dealkylation sites (tertiary alicyclic amines) is 1. The van der Waals surface area contributed by atoms with E-state index in [2.05, 4.69) is 39.0 Å². The first-order chi connectivity index (χ1) is 17.6. The van der Waals surface area contributed by atoms with Gasteiger partial charge >= 0.3 is 0 Å². The second kappa shape index (κ2) is 11.1. The van der Waals surface area contributed by atoms with Crippen molar-refractivity contribution in [2.45, 2.75) is 50.7 Å². The van der Waals surface area contributed by atoms with Crippen LogP contribution in [-0.2, 0) is 13.0 Å². The topological polar surface area (TPSA) is 65.9 Å². The molecule has 6 heteroatoms. The average Bonchev–Trinajstić information content (AvgIpc) is 3.76. The van der Waals surface area contributed by atoms with Crippen LogP contribution in [0.1, 0.15) is 47.3 Å². The number of pyridine rings is 1. The fraction of sp³-hybridized carbons (Fsp3) is 0.400. The van der Waals surface area contributed by atoms with E-state index in [1.807, 2.05) is 30.3 Å². The lowest BCUT2D eigenvalue weighted by Crippen LogP contribution is -2.50. The Kier molecular flexibility index (Phi) is 7.52. The van der Waals surface area contributed by atoms with E-state index in [1.165, 1.54) is 5.56 Å². The molecule has 0 bridgehead atoms. The number of phenols is 1. The molecule has 1 aliphatic heterocycles. The Hall–Kier alpha value is -3.38. The maximum absolute atomic E-state index is 13.7. The Labute approximate surface area is 213 Å². The average molecular weight is 486 g/mol. The molecule has 2 heterocycles. The molecule has 36 heavy (non-hydrogen) atoms. The van der Waals surface area contributed by atoms with E-state index in [-0.39, 0.29) is 11.9 Å². The number of hydrogen-bond acceptors (Lipinski definition) is 5. The molecule has 0 unspecified atom stereocenters. The summed E-state index contributed by atoms with van der Waals surface area (Å²) in [5, 5.41) is 10.3. The number of aromatic hydroxyl groups is 1. The van der Waals surface area contributed by atoms with Crippen molar-refractivity contribution in [2.75, 3.05) is 20.2 Å². The van der Waals surface area contributed by atoms with Crippen LogP contribution in [0.3, 0.4) is 0 Å². The summed E-state index contributed by atoms with van der Waals surface area (Å²) >= 11 is 0. The summed E-state index contributed by atoms with van der Waals surface area (Å²) in [6.45, 7) is 2.56. The van der Waals surface area contributed by atoms with Gasteiger partial charge in [-0.05, 0) is 87.0 Å². The summed E-state index contributed by atoms with van der Waals surface area (Å²) in [5.41, 5.74) is 2.69. The molecule has 1 aromatic heterocycles. The van der Waals surface area contributed by atoms with Crippen molar-refractivity contribution >= 4 is 5.91 Å². The zero-order valence-electron chi connectivity index (χ0n) is 20.9. The lowest BCUT2D eigenvalue weighted by atomic mass is 9.84. The predicted molar refractivity (Wildman–Crippen MR) is 140 cm³/mol. The van der Waals surface area contributed by atoms with Crippen LogP contribution in [0.25, 0.3) is 0 Å². The maximum Gasteiger partial charge on any atom is 0.272 e. The number of carbonyl (C=O) groups excluding carboxylic acids is 1. The molecule has 0 spiro atoms. The molecule has 5 rings (SSSR count). The molecular formula is C30H35N3O3. The van der Waals surface area contributed by atoms with Crippen LogP contribution in [0.5, 0.6) is 11.5 Å². The van der Waals surface area contributed by atoms with Gasteiger partial charge in [-0.15, -0.1) is 0 Å². The molecule has 188 valence electrons. The van der Waals surface area contributed by atoms with Crippen LogP contribution in [-0.4, -0.2) is 58.1 Å². The molecule has 0 radical (unpaired) electrons. The number of nitrogens with zero attached hydrogens (tertiary/aromatic N) is 3. The minimum absolute atomic E-state index is 0.0581. The van der Waals surface area contributed by atoms with E-state index < -0.39 is 0 Å². The number of ether oxygens (including phenoxy) is 1. The Morgan fingerprint density at radius 3 is 2.47 bits per heavy atom. The number of hydrogen-bond donors (Lipinski definition) is 1. The molecular weight excluding hydrogens is 450 g/mol. The third-order valence-electron chi connectivity index (χ3n) is 7.56. The van der Waals surface area contributed by atoms with Crippen molar-refractivity contribution in [1.29, 1.82) is 0 Å². The highest BCUT2D eigenvalue weighted by molar-refractivity contribution is 5.93. The van der Waals surface area contributed by atoms with Gasteiger partial charge < -0.3 is 14.7 Å². The highest BCUT2D eigenvalue weighted by Crippen LogP contribution is 2.37. The quantitative estimate of drug-likeness (QED) is 0.466. The third-order valence-corrected chi connectivity index (χ3v) is 7.56. The Morgan fingerprint density at radius 1 is 1.06 bits per heavy atom. The van der Waals surface area contributed by atoms with E-state index in [9.17, 15) is 9.90 Å². The van der Waals surface area contributed by atoms with E-state index in [0.29, 0.717) is 29.9 Å². The monoisotopic (exact) mass is 485 g/mol. The van der Waals surface area contributed by atoms with E-state index >= 15 is 0 Å². The number of phenolic OH excluding ortho intramolecular Hbond substituents is 1. The summed E-state index contributed by atoms with van der Waals surface area (Å²) in [4.78, 5) is 22.7. The molecule has 1 saturated heterocycles. The summed E-state index contributed by atoms with van der Waals surface area (Å²) in [7, 11) is 1.65. The van der Waals surface area contributed by atoms with Crippen molar-refractivity contribution in [1.82, 2.24) is 14.8 Å². The van der Waals surface area contributed by atoms with Gasteiger partial charge in [0.2, 0.25) is 0 Å². The zero-order valence-corrected chi connectivity index (χ0v) is 20.9. The van der Waals surface area contributed by atoms with Gasteiger partial charge in [-0.25, -0.2) is 0 Å². The van der Waals surface area contributed by atoms with Gasteiger partial charge in [0.15, 0.2) is 0 Å². The normalized spacial score (nSPS) is 17.5. The number of rotatable bonds is 9. The molecule has 1 amide bonds. The molecule has 1 atom stereocenters. The van der Waals surface area contributed by atoms with Gasteiger partial charge in [-0.1, -0.05) is 36.4 Å². The van der Waals surface area contributed by atoms with Crippen molar-refractivity contribution < 1.29 is 14.6 Å². The molecule has 6 nitrogen and oxygen atoms in total. The van der Waals surface area contributed by atoms with Crippen molar-refractivity contribution in [3.05, 3.63) is 89.7 Å². The van der Waals surface area contributed by atoms with E-state index in [1.54, 1.807) is 25.4 Å². The van der Waals surface area contributed by atoms with Gasteiger partial charge in [0.1, 0.15) is 17.2 Å². The Balaban J connectivity index is 1.34. The van der Waals surface area contributed by atoms with Crippen LogP contribution in [0.2, 0.25) is 0 Å². The maximum atomic E-state index is 13.7. The van der Waals surface area contributed by atoms with Crippen LogP contribution in [0, 0.1) is 5.92 Å². The second-order valence-corrected chi connectivity index (χ2v) is 10.0. The molecule has 1 aliphatic carbocycles. The third kappa shape index (κ3) is 5.71. The summed E-state index contributed by atoms with van der Waals surface area (Å²) in [6.07, 6.45) is 6.73. The van der Waals surface area contributed by atoms with Gasteiger partial charge in [0, 0.05) is 30.4 Å². The second-order valence-electron chi connectivity index (χ2n) is 10.0. The lowest BCUT2D eigenvalue weighted by molar-refractivity contribution is 0.0476. The molecule has 2 fully saturated rings. The first kappa shape index (κ1) is 24.3. The first-order valence-electron chi connectivity index (χ1n) is 13.0. The number of carbonyl (C=O) groups is 1. The van der Waals surface area contributed by atoms with Gasteiger partial charge in [-0.3, -0.25) is 14.7 Å². The summed E-state index contributed by atoms with van der Waals surface area (Å²) in [6, 6.07) is 22.0. The molecule has 2 aliphatic rings. The number of piperidine rings is 1. The first-order valence-corrected chi connectivity index (χ1v) is 13.0. The number of amides is 1. The van der Waals surface area contributed by atoms with Crippen molar-refractivity contribution in [3.63, 3.8) is 0 Å². The standard InChI is InChI=1S/C30H35N3O3/c1-36-26-12-13-29(34)24(20-26)21-32-17-14-23(15-18-32)28(19-22-7-3-2-4-8-22)33(25-10-11-25)30(35)27-9-5-6-16-31-27/h2-9,12-13,16,20,23,25,28,34H,10-11,14-15,17-19,21H2,1H3/t28-/m0/s1. The van der Waals surface area contributed by atoms with Gasteiger partial charge in [-0.2, -0.15) is 0 Å².